The monoisotopic (exact) mass is 192 g/mol. The molecule has 0 amide bonds. The van der Waals surface area contributed by atoms with Crippen LogP contribution in [0.1, 0.15) is 26.2 Å². The first kappa shape index (κ1) is 12.3. The minimum Gasteiger partial charge on any atom is -0.381 e. The predicted molar refractivity (Wildman–Crippen MR) is 55.0 cm³/mol. The van der Waals surface area contributed by atoms with Crippen LogP contribution in [0.3, 0.4) is 0 Å². The van der Waals surface area contributed by atoms with Crippen LogP contribution in [0.4, 0.5) is 0 Å². The zero-order valence-corrected chi connectivity index (χ0v) is 8.81. The van der Waals surface area contributed by atoms with Gasteiger partial charge in [-0.25, -0.2) is 0 Å². The van der Waals surface area contributed by atoms with E-state index in [0.29, 0.717) is 0 Å². The second-order valence-corrected chi connectivity index (χ2v) is 3.10. The van der Waals surface area contributed by atoms with E-state index in [-0.39, 0.29) is 0 Å². The number of hydrogen-bond acceptors (Lipinski definition) is 3. The smallest absolute Gasteiger partial charge is 0.0554 e. The summed E-state index contributed by atoms with van der Waals surface area (Å²) in [4.78, 5) is 0. The third-order valence-corrected chi connectivity index (χ3v) is 1.64. The molecule has 2 nitrogen and oxygen atoms in total. The summed E-state index contributed by atoms with van der Waals surface area (Å²) in [6.45, 7) is 5.43. The van der Waals surface area contributed by atoms with Gasteiger partial charge in [0.2, 0.25) is 0 Å². The second kappa shape index (κ2) is 11.3. The lowest BCUT2D eigenvalue weighted by molar-refractivity contribution is 0.0876. The first-order valence-electron chi connectivity index (χ1n) is 4.68. The average Bonchev–Trinajstić information content (AvgIpc) is 2.10. The highest BCUT2D eigenvalue weighted by molar-refractivity contribution is 7.80. The summed E-state index contributed by atoms with van der Waals surface area (Å²) in [6, 6.07) is 0. The number of thiol groups is 1. The minimum atomic E-state index is 0.748. The molecule has 0 radical (unpaired) electrons. The van der Waals surface area contributed by atoms with Crippen molar-refractivity contribution in [2.75, 3.05) is 32.2 Å². The Morgan fingerprint density at radius 3 is 2.08 bits per heavy atom. The van der Waals surface area contributed by atoms with Gasteiger partial charge in [-0.05, 0) is 12.8 Å². The standard InChI is InChI=1S/C9H20O2S/c1-2-3-5-10-6-4-7-11-8-9-12/h12H,2-9H2,1H3. The zero-order valence-electron chi connectivity index (χ0n) is 7.92. The van der Waals surface area contributed by atoms with Gasteiger partial charge in [0.05, 0.1) is 6.61 Å². The molecule has 3 heteroatoms. The highest BCUT2D eigenvalue weighted by Gasteiger charge is 1.89. The quantitative estimate of drug-likeness (QED) is 0.446. The van der Waals surface area contributed by atoms with E-state index in [0.717, 1.165) is 45.0 Å². The molecule has 0 fully saturated rings. The highest BCUT2D eigenvalue weighted by atomic mass is 32.1. The Balaban J connectivity index is 2.73. The van der Waals surface area contributed by atoms with Crippen LogP contribution < -0.4 is 0 Å². The van der Waals surface area contributed by atoms with Crippen LogP contribution in [0.25, 0.3) is 0 Å². The molecule has 0 rings (SSSR count). The van der Waals surface area contributed by atoms with E-state index in [1.807, 2.05) is 0 Å². The van der Waals surface area contributed by atoms with Gasteiger partial charge in [-0.2, -0.15) is 12.6 Å². The van der Waals surface area contributed by atoms with Crippen molar-refractivity contribution in [1.29, 1.82) is 0 Å². The molecule has 12 heavy (non-hydrogen) atoms. The maximum atomic E-state index is 5.36. The number of rotatable bonds is 9. The van der Waals surface area contributed by atoms with E-state index in [2.05, 4.69) is 19.6 Å². The van der Waals surface area contributed by atoms with Gasteiger partial charge >= 0.3 is 0 Å². The number of hydrogen-bond donors (Lipinski definition) is 1. The summed E-state index contributed by atoms with van der Waals surface area (Å²) in [7, 11) is 0. The van der Waals surface area contributed by atoms with Crippen molar-refractivity contribution in [2.24, 2.45) is 0 Å². The summed E-state index contributed by atoms with van der Waals surface area (Å²) in [5, 5.41) is 0. The predicted octanol–water partition coefficient (Wildman–Crippen LogP) is 2.14. The molecule has 0 saturated heterocycles. The van der Waals surface area contributed by atoms with Gasteiger partial charge in [-0.1, -0.05) is 13.3 Å². The number of unbranched alkanes of at least 4 members (excludes halogenated alkanes) is 1. The molecule has 0 spiro atoms. The van der Waals surface area contributed by atoms with E-state index in [1.54, 1.807) is 0 Å². The topological polar surface area (TPSA) is 18.5 Å². The van der Waals surface area contributed by atoms with Crippen molar-refractivity contribution < 1.29 is 9.47 Å². The molecule has 0 aromatic heterocycles. The van der Waals surface area contributed by atoms with Gasteiger partial charge in [0.1, 0.15) is 0 Å². The van der Waals surface area contributed by atoms with E-state index in [4.69, 9.17) is 9.47 Å². The Bertz CT molecular complexity index is 68.9. The molecular weight excluding hydrogens is 172 g/mol. The maximum absolute atomic E-state index is 5.36. The van der Waals surface area contributed by atoms with Crippen molar-refractivity contribution >= 4 is 12.6 Å². The lowest BCUT2D eigenvalue weighted by Gasteiger charge is -2.03. The van der Waals surface area contributed by atoms with E-state index in [9.17, 15) is 0 Å². The van der Waals surface area contributed by atoms with Crippen LogP contribution in [-0.4, -0.2) is 32.2 Å². The Morgan fingerprint density at radius 1 is 0.917 bits per heavy atom. The van der Waals surface area contributed by atoms with Gasteiger partial charge in [0.15, 0.2) is 0 Å². The van der Waals surface area contributed by atoms with E-state index < -0.39 is 0 Å². The fraction of sp³-hybridized carbons (Fsp3) is 1.00. The lowest BCUT2D eigenvalue weighted by atomic mass is 10.4. The first-order chi connectivity index (χ1) is 5.91. The van der Waals surface area contributed by atoms with Crippen LogP contribution in [0.15, 0.2) is 0 Å². The molecule has 0 saturated carbocycles. The molecule has 0 aromatic rings. The molecular formula is C9H20O2S. The third kappa shape index (κ3) is 10.3. The van der Waals surface area contributed by atoms with E-state index >= 15 is 0 Å². The SMILES string of the molecule is CCCCOCCCOCCS. The maximum Gasteiger partial charge on any atom is 0.0554 e. The fourth-order valence-corrected chi connectivity index (χ4v) is 0.907. The summed E-state index contributed by atoms with van der Waals surface area (Å²) in [5.41, 5.74) is 0. The van der Waals surface area contributed by atoms with Gasteiger partial charge in [0, 0.05) is 25.6 Å². The van der Waals surface area contributed by atoms with Crippen molar-refractivity contribution in [3.63, 3.8) is 0 Å². The van der Waals surface area contributed by atoms with Crippen LogP contribution >= 0.6 is 12.6 Å². The van der Waals surface area contributed by atoms with Crippen LogP contribution in [-0.2, 0) is 9.47 Å². The Hall–Kier alpha value is 0.270. The highest BCUT2D eigenvalue weighted by Crippen LogP contribution is 1.90. The van der Waals surface area contributed by atoms with Gasteiger partial charge in [0.25, 0.3) is 0 Å². The Morgan fingerprint density at radius 2 is 1.50 bits per heavy atom. The van der Waals surface area contributed by atoms with Crippen molar-refractivity contribution in [3.8, 4) is 0 Å². The summed E-state index contributed by atoms with van der Waals surface area (Å²) in [6.07, 6.45) is 3.37. The molecule has 0 atom stereocenters. The third-order valence-electron chi connectivity index (χ3n) is 1.46. The largest absolute Gasteiger partial charge is 0.381 e. The normalized spacial score (nSPS) is 10.5. The summed E-state index contributed by atoms with van der Waals surface area (Å²) >= 11 is 4.04. The van der Waals surface area contributed by atoms with Gasteiger partial charge in [-0.15, -0.1) is 0 Å². The molecule has 0 aliphatic rings. The van der Waals surface area contributed by atoms with Gasteiger partial charge < -0.3 is 9.47 Å². The van der Waals surface area contributed by atoms with Crippen LogP contribution in [0.5, 0.6) is 0 Å². The zero-order chi connectivity index (χ0) is 9.07. The number of ether oxygens (including phenoxy) is 2. The molecule has 0 aliphatic heterocycles. The molecule has 0 unspecified atom stereocenters. The van der Waals surface area contributed by atoms with Crippen molar-refractivity contribution in [2.45, 2.75) is 26.2 Å². The first-order valence-corrected chi connectivity index (χ1v) is 5.31. The second-order valence-electron chi connectivity index (χ2n) is 2.66. The van der Waals surface area contributed by atoms with Crippen LogP contribution in [0.2, 0.25) is 0 Å². The minimum absolute atomic E-state index is 0.748. The average molecular weight is 192 g/mol. The van der Waals surface area contributed by atoms with E-state index in [1.165, 1.54) is 6.42 Å². The Labute approximate surface area is 81.0 Å². The molecule has 0 aliphatic carbocycles. The molecule has 74 valence electrons. The summed E-state index contributed by atoms with van der Waals surface area (Å²) in [5.74, 6) is 0.802. The lowest BCUT2D eigenvalue weighted by Crippen LogP contribution is -2.03. The van der Waals surface area contributed by atoms with Crippen molar-refractivity contribution in [1.82, 2.24) is 0 Å². The molecule has 0 N–H and O–H groups in total. The van der Waals surface area contributed by atoms with Crippen molar-refractivity contribution in [3.05, 3.63) is 0 Å². The molecule has 0 bridgehead atoms. The fourth-order valence-electron chi connectivity index (χ4n) is 0.778. The van der Waals surface area contributed by atoms with Crippen LogP contribution in [0, 0.1) is 0 Å². The molecule has 0 aromatic carbocycles. The van der Waals surface area contributed by atoms with Gasteiger partial charge in [-0.3, -0.25) is 0 Å². The Kier molecular flexibility index (Phi) is 11.5. The summed E-state index contributed by atoms with van der Waals surface area (Å²) < 4.78 is 10.6. The molecule has 0 heterocycles.